The van der Waals surface area contributed by atoms with Crippen LogP contribution in [0, 0.1) is 11.8 Å². The Balaban J connectivity index is 2.61. The van der Waals surface area contributed by atoms with E-state index in [2.05, 4.69) is 39.6 Å². The summed E-state index contributed by atoms with van der Waals surface area (Å²) in [5, 5.41) is 0. The highest BCUT2D eigenvalue weighted by molar-refractivity contribution is 4.96. The van der Waals surface area contributed by atoms with Crippen molar-refractivity contribution in [3.05, 3.63) is 0 Å². The average Bonchev–Trinajstić information content (AvgIpc) is 2.38. The first kappa shape index (κ1) is 17.0. The summed E-state index contributed by atoms with van der Waals surface area (Å²) in [6.45, 7) is 10.1. The van der Waals surface area contributed by atoms with Gasteiger partial charge in [-0.1, -0.05) is 33.6 Å². The summed E-state index contributed by atoms with van der Waals surface area (Å²) >= 11 is 0. The standard InChI is InChI=1S/C17H36N2/c1-6-7-16-8-10-17(13-18,11-9-16)19(5)15(4)12-14(2)3/h14-16H,6-13,18H2,1-5H3. The molecule has 0 spiro atoms. The van der Waals surface area contributed by atoms with Gasteiger partial charge in [-0.2, -0.15) is 0 Å². The van der Waals surface area contributed by atoms with Crippen molar-refractivity contribution < 1.29 is 0 Å². The van der Waals surface area contributed by atoms with E-state index in [0.29, 0.717) is 6.04 Å². The molecular formula is C17H36N2. The molecule has 0 heterocycles. The van der Waals surface area contributed by atoms with Crippen molar-refractivity contribution in [2.75, 3.05) is 13.6 Å². The fourth-order valence-electron chi connectivity index (χ4n) is 3.92. The summed E-state index contributed by atoms with van der Waals surface area (Å²) in [7, 11) is 2.31. The molecular weight excluding hydrogens is 232 g/mol. The van der Waals surface area contributed by atoms with Crippen molar-refractivity contribution in [3.8, 4) is 0 Å². The number of rotatable bonds is 7. The minimum absolute atomic E-state index is 0.276. The Kier molecular flexibility index (Phi) is 6.82. The molecule has 0 aromatic carbocycles. The number of hydrogen-bond acceptors (Lipinski definition) is 2. The molecule has 1 atom stereocenters. The van der Waals surface area contributed by atoms with E-state index in [1.54, 1.807) is 0 Å². The Labute approximate surface area is 121 Å². The van der Waals surface area contributed by atoms with E-state index < -0.39 is 0 Å². The third-order valence-electron chi connectivity index (χ3n) is 5.33. The molecule has 1 fully saturated rings. The Bertz CT molecular complexity index is 242. The van der Waals surface area contributed by atoms with Gasteiger partial charge in [0, 0.05) is 18.1 Å². The molecule has 0 aromatic heterocycles. The van der Waals surface area contributed by atoms with Gasteiger partial charge in [0.25, 0.3) is 0 Å². The van der Waals surface area contributed by atoms with Crippen LogP contribution in [-0.4, -0.2) is 30.1 Å². The molecule has 19 heavy (non-hydrogen) atoms. The zero-order valence-electron chi connectivity index (χ0n) is 13.9. The van der Waals surface area contributed by atoms with E-state index in [9.17, 15) is 0 Å². The molecule has 1 rings (SSSR count). The van der Waals surface area contributed by atoms with Crippen molar-refractivity contribution in [1.29, 1.82) is 0 Å². The summed E-state index contributed by atoms with van der Waals surface area (Å²) in [5.74, 6) is 1.72. The second-order valence-electron chi connectivity index (χ2n) is 7.25. The van der Waals surface area contributed by atoms with E-state index in [0.717, 1.165) is 18.4 Å². The highest BCUT2D eigenvalue weighted by Gasteiger charge is 2.39. The van der Waals surface area contributed by atoms with Crippen LogP contribution in [0.2, 0.25) is 0 Å². The van der Waals surface area contributed by atoms with Crippen molar-refractivity contribution in [3.63, 3.8) is 0 Å². The average molecular weight is 268 g/mol. The maximum Gasteiger partial charge on any atom is 0.0331 e. The van der Waals surface area contributed by atoms with Gasteiger partial charge in [-0.25, -0.2) is 0 Å². The van der Waals surface area contributed by atoms with Crippen LogP contribution in [0.15, 0.2) is 0 Å². The lowest BCUT2D eigenvalue weighted by molar-refractivity contribution is 0.0279. The van der Waals surface area contributed by atoms with Gasteiger partial charge in [0.2, 0.25) is 0 Å². The lowest BCUT2D eigenvalue weighted by Gasteiger charge is -2.49. The Morgan fingerprint density at radius 1 is 1.21 bits per heavy atom. The minimum Gasteiger partial charge on any atom is -0.329 e. The van der Waals surface area contributed by atoms with Gasteiger partial charge in [-0.15, -0.1) is 0 Å². The van der Waals surface area contributed by atoms with Gasteiger partial charge >= 0.3 is 0 Å². The van der Waals surface area contributed by atoms with Crippen molar-refractivity contribution >= 4 is 0 Å². The monoisotopic (exact) mass is 268 g/mol. The Morgan fingerprint density at radius 3 is 2.21 bits per heavy atom. The van der Waals surface area contributed by atoms with Gasteiger partial charge in [-0.05, 0) is 57.9 Å². The largest absolute Gasteiger partial charge is 0.329 e. The molecule has 0 radical (unpaired) electrons. The van der Waals surface area contributed by atoms with Gasteiger partial charge in [0.05, 0.1) is 0 Å². The smallest absolute Gasteiger partial charge is 0.0331 e. The molecule has 114 valence electrons. The van der Waals surface area contributed by atoms with Gasteiger partial charge < -0.3 is 5.73 Å². The predicted octanol–water partition coefficient (Wildman–Crippen LogP) is 4.04. The molecule has 1 aliphatic carbocycles. The highest BCUT2D eigenvalue weighted by atomic mass is 15.2. The number of nitrogens with zero attached hydrogens (tertiary/aromatic N) is 1. The molecule has 1 saturated carbocycles. The summed E-state index contributed by atoms with van der Waals surface area (Å²) in [5.41, 5.74) is 6.46. The normalized spacial score (nSPS) is 30.0. The maximum absolute atomic E-state index is 6.19. The first-order valence-corrected chi connectivity index (χ1v) is 8.38. The third-order valence-corrected chi connectivity index (χ3v) is 5.33. The molecule has 0 bridgehead atoms. The maximum atomic E-state index is 6.19. The first-order valence-electron chi connectivity index (χ1n) is 8.38. The second kappa shape index (κ2) is 7.64. The van der Waals surface area contributed by atoms with Crippen molar-refractivity contribution in [2.24, 2.45) is 17.6 Å². The van der Waals surface area contributed by atoms with Gasteiger partial charge in [0.15, 0.2) is 0 Å². The van der Waals surface area contributed by atoms with Gasteiger partial charge in [-0.3, -0.25) is 4.90 Å². The van der Waals surface area contributed by atoms with Gasteiger partial charge in [0.1, 0.15) is 0 Å². The molecule has 2 nitrogen and oxygen atoms in total. The van der Waals surface area contributed by atoms with E-state index in [1.807, 2.05) is 0 Å². The summed E-state index contributed by atoms with van der Waals surface area (Å²) in [6.07, 6.45) is 9.37. The lowest BCUT2D eigenvalue weighted by Crippen LogP contribution is -2.57. The van der Waals surface area contributed by atoms with E-state index in [1.165, 1.54) is 44.9 Å². The fourth-order valence-corrected chi connectivity index (χ4v) is 3.92. The molecule has 1 unspecified atom stereocenters. The lowest BCUT2D eigenvalue weighted by atomic mass is 9.73. The van der Waals surface area contributed by atoms with Crippen LogP contribution in [0.4, 0.5) is 0 Å². The van der Waals surface area contributed by atoms with Crippen LogP contribution < -0.4 is 5.73 Å². The summed E-state index contributed by atoms with van der Waals surface area (Å²) in [6, 6.07) is 0.645. The highest BCUT2D eigenvalue weighted by Crippen LogP contribution is 2.38. The quantitative estimate of drug-likeness (QED) is 0.755. The fraction of sp³-hybridized carbons (Fsp3) is 1.00. The number of hydrogen-bond donors (Lipinski definition) is 1. The molecule has 0 aliphatic heterocycles. The van der Waals surface area contributed by atoms with Crippen LogP contribution in [0.5, 0.6) is 0 Å². The Morgan fingerprint density at radius 2 is 1.79 bits per heavy atom. The second-order valence-corrected chi connectivity index (χ2v) is 7.25. The van der Waals surface area contributed by atoms with Crippen LogP contribution >= 0.6 is 0 Å². The predicted molar refractivity (Wildman–Crippen MR) is 85.3 cm³/mol. The molecule has 2 N–H and O–H groups in total. The molecule has 2 heteroatoms. The molecule has 1 aliphatic rings. The van der Waals surface area contributed by atoms with Crippen LogP contribution in [0.3, 0.4) is 0 Å². The van der Waals surface area contributed by atoms with Crippen LogP contribution in [0.1, 0.15) is 72.6 Å². The topological polar surface area (TPSA) is 29.3 Å². The summed E-state index contributed by atoms with van der Waals surface area (Å²) in [4.78, 5) is 2.61. The van der Waals surface area contributed by atoms with Crippen molar-refractivity contribution in [1.82, 2.24) is 4.90 Å². The van der Waals surface area contributed by atoms with E-state index in [-0.39, 0.29) is 5.54 Å². The zero-order chi connectivity index (χ0) is 14.5. The zero-order valence-corrected chi connectivity index (χ0v) is 13.9. The van der Waals surface area contributed by atoms with E-state index in [4.69, 9.17) is 5.73 Å². The molecule has 0 saturated heterocycles. The summed E-state index contributed by atoms with van der Waals surface area (Å²) < 4.78 is 0. The SMILES string of the molecule is CCCC1CCC(CN)(N(C)C(C)CC(C)C)CC1. The third kappa shape index (κ3) is 4.46. The van der Waals surface area contributed by atoms with E-state index >= 15 is 0 Å². The number of nitrogens with two attached hydrogens (primary N) is 1. The minimum atomic E-state index is 0.276. The molecule has 0 aromatic rings. The van der Waals surface area contributed by atoms with Crippen molar-refractivity contribution in [2.45, 2.75) is 84.2 Å². The Hall–Kier alpha value is -0.0800. The van der Waals surface area contributed by atoms with Crippen LogP contribution in [-0.2, 0) is 0 Å². The first-order chi connectivity index (χ1) is 8.95. The van der Waals surface area contributed by atoms with Crippen LogP contribution in [0.25, 0.3) is 0 Å². The number of likely N-dealkylation sites (N-methyl/N-ethyl adjacent to an activating group) is 1. The molecule has 0 amide bonds.